The van der Waals surface area contributed by atoms with Crippen molar-refractivity contribution in [3.8, 4) is 11.3 Å². The fourth-order valence-corrected chi connectivity index (χ4v) is 4.18. The van der Waals surface area contributed by atoms with Gasteiger partial charge < -0.3 is 20.9 Å². The highest BCUT2D eigenvalue weighted by molar-refractivity contribution is 6.36. The van der Waals surface area contributed by atoms with Crippen LogP contribution in [0.25, 0.3) is 22.2 Å². The van der Waals surface area contributed by atoms with Crippen molar-refractivity contribution in [2.24, 2.45) is 5.73 Å². The fourth-order valence-electron chi connectivity index (χ4n) is 3.98. The van der Waals surface area contributed by atoms with Crippen molar-refractivity contribution < 1.29 is 14.4 Å². The number of aromatic nitrogens is 3. The summed E-state index contributed by atoms with van der Waals surface area (Å²) in [6.45, 7) is 3.58. The second-order valence-corrected chi connectivity index (χ2v) is 7.93. The molecule has 31 heavy (non-hydrogen) atoms. The Labute approximate surface area is 183 Å². The number of amides is 2. The molecule has 4 rings (SSSR count). The molecule has 0 saturated carbocycles. The van der Waals surface area contributed by atoms with Crippen LogP contribution in [-0.4, -0.2) is 57.4 Å². The molecule has 0 spiro atoms. The number of fused-ring (bicyclic) bond motifs is 3. The van der Waals surface area contributed by atoms with Gasteiger partial charge in [-0.15, -0.1) is 0 Å². The summed E-state index contributed by atoms with van der Waals surface area (Å²) in [6, 6.07) is 3.80. The molecule has 2 aromatic heterocycles. The van der Waals surface area contributed by atoms with Crippen LogP contribution in [-0.2, 0) is 33.9 Å². The smallest absolute Gasteiger partial charge is 0.286 e. The van der Waals surface area contributed by atoms with Gasteiger partial charge in [0.15, 0.2) is 0 Å². The first-order valence-electron chi connectivity index (χ1n) is 10.00. The van der Waals surface area contributed by atoms with E-state index in [4.69, 9.17) is 17.3 Å². The van der Waals surface area contributed by atoms with Crippen LogP contribution in [0.4, 0.5) is 0 Å². The molecule has 9 nitrogen and oxygen atoms in total. The fraction of sp³-hybridized carbons (Fsp3) is 0.333. The van der Waals surface area contributed by atoms with Gasteiger partial charge in [0.1, 0.15) is 6.54 Å². The number of aromatic amines is 1. The zero-order valence-corrected chi connectivity index (χ0v) is 17.8. The molecule has 4 N–H and O–H groups in total. The Kier molecular flexibility index (Phi) is 5.79. The van der Waals surface area contributed by atoms with Gasteiger partial charge in [-0.3, -0.25) is 19.1 Å². The largest absolute Gasteiger partial charge is 0.357 e. The summed E-state index contributed by atoms with van der Waals surface area (Å²) in [5, 5.41) is 8.79. The number of H-pyrrole nitrogens is 1. The molecule has 162 valence electrons. The molecule has 0 radical (unpaired) electrons. The number of halogens is 1. The third-order valence-electron chi connectivity index (χ3n) is 5.47. The van der Waals surface area contributed by atoms with Gasteiger partial charge in [0, 0.05) is 61.0 Å². The van der Waals surface area contributed by atoms with Crippen molar-refractivity contribution in [2.75, 3.05) is 19.6 Å². The van der Waals surface area contributed by atoms with Gasteiger partial charge in [-0.1, -0.05) is 11.6 Å². The lowest BCUT2D eigenvalue weighted by Crippen LogP contribution is -2.36. The lowest BCUT2D eigenvalue weighted by molar-refractivity contribution is -0.139. The molecule has 2 amide bonds. The van der Waals surface area contributed by atoms with E-state index in [-0.39, 0.29) is 12.5 Å². The molecule has 3 aromatic rings. The maximum atomic E-state index is 12.0. The van der Waals surface area contributed by atoms with Crippen LogP contribution in [0.5, 0.6) is 0 Å². The van der Waals surface area contributed by atoms with Crippen molar-refractivity contribution in [1.29, 1.82) is 0 Å². The standard InChI is InChI=1S/C21H23ClN6O3/c1-12-8-13(16-3-7-28(26-16)10-17(30)24-5-4-23)19-14-9-27(18(31)11-29)6-2-15(14)25-21(19)20(12)22/h3,7-8,11,25H,2,4-6,9-10,23H2,1H3,(H,24,30). The highest BCUT2D eigenvalue weighted by atomic mass is 35.5. The summed E-state index contributed by atoms with van der Waals surface area (Å²) < 4.78 is 1.57. The Morgan fingerprint density at radius 1 is 1.42 bits per heavy atom. The molecule has 0 unspecified atom stereocenters. The molecule has 1 aliphatic heterocycles. The van der Waals surface area contributed by atoms with E-state index in [0.717, 1.165) is 33.3 Å². The van der Waals surface area contributed by atoms with E-state index in [9.17, 15) is 14.4 Å². The number of nitrogens with zero attached hydrogens (tertiary/aromatic N) is 3. The minimum absolute atomic E-state index is 0.0859. The number of nitrogens with one attached hydrogen (secondary N) is 2. The third kappa shape index (κ3) is 3.94. The maximum absolute atomic E-state index is 12.0. The molecule has 0 aliphatic carbocycles. The van der Waals surface area contributed by atoms with Crippen molar-refractivity contribution in [3.05, 3.63) is 40.2 Å². The summed E-state index contributed by atoms with van der Waals surface area (Å²) in [6.07, 6.45) is 2.69. The Bertz CT molecular complexity index is 1180. The molecule has 1 aliphatic rings. The minimum Gasteiger partial charge on any atom is -0.357 e. The number of hydrogen-bond donors (Lipinski definition) is 3. The molecule has 0 bridgehead atoms. The van der Waals surface area contributed by atoms with Crippen LogP contribution in [0, 0.1) is 6.92 Å². The number of carbonyl (C=O) groups excluding carboxylic acids is 3. The van der Waals surface area contributed by atoms with E-state index in [2.05, 4.69) is 15.4 Å². The number of aldehydes is 1. The zero-order chi connectivity index (χ0) is 22.1. The lowest BCUT2D eigenvalue weighted by atomic mass is 9.97. The molecule has 1 aromatic carbocycles. The van der Waals surface area contributed by atoms with E-state index in [0.29, 0.717) is 49.6 Å². The van der Waals surface area contributed by atoms with Crippen LogP contribution >= 0.6 is 11.6 Å². The predicted octanol–water partition coefficient (Wildman–Crippen LogP) is 1.15. The van der Waals surface area contributed by atoms with Gasteiger partial charge in [-0.25, -0.2) is 0 Å². The van der Waals surface area contributed by atoms with Gasteiger partial charge in [-0.2, -0.15) is 5.10 Å². The average Bonchev–Trinajstić information content (AvgIpc) is 3.38. The van der Waals surface area contributed by atoms with Gasteiger partial charge in [0.25, 0.3) is 5.91 Å². The molecular formula is C21H23ClN6O3. The topological polar surface area (TPSA) is 126 Å². The first-order valence-corrected chi connectivity index (χ1v) is 10.4. The van der Waals surface area contributed by atoms with E-state index < -0.39 is 5.91 Å². The average molecular weight is 443 g/mol. The van der Waals surface area contributed by atoms with Crippen molar-refractivity contribution in [3.63, 3.8) is 0 Å². The summed E-state index contributed by atoms with van der Waals surface area (Å²) in [5.74, 6) is -0.702. The Hall–Kier alpha value is -3.17. The van der Waals surface area contributed by atoms with Crippen molar-refractivity contribution in [2.45, 2.75) is 26.4 Å². The molecule has 0 saturated heterocycles. The van der Waals surface area contributed by atoms with Crippen molar-refractivity contribution >= 4 is 40.6 Å². The van der Waals surface area contributed by atoms with Gasteiger partial charge in [-0.05, 0) is 24.6 Å². The van der Waals surface area contributed by atoms with E-state index in [1.54, 1.807) is 10.9 Å². The number of carbonyl (C=O) groups is 3. The number of aryl methyl sites for hydroxylation is 1. The maximum Gasteiger partial charge on any atom is 0.286 e. The second-order valence-electron chi connectivity index (χ2n) is 7.55. The molecule has 0 atom stereocenters. The highest BCUT2D eigenvalue weighted by Gasteiger charge is 2.27. The van der Waals surface area contributed by atoms with Crippen LogP contribution in [0.1, 0.15) is 16.8 Å². The van der Waals surface area contributed by atoms with Crippen LogP contribution in [0.15, 0.2) is 18.3 Å². The van der Waals surface area contributed by atoms with Gasteiger partial charge in [0.05, 0.1) is 16.2 Å². The Balaban J connectivity index is 1.76. The van der Waals surface area contributed by atoms with Crippen molar-refractivity contribution in [1.82, 2.24) is 25.0 Å². The minimum atomic E-state index is -0.535. The molecule has 3 heterocycles. The highest BCUT2D eigenvalue weighted by Crippen LogP contribution is 2.40. The van der Waals surface area contributed by atoms with Gasteiger partial charge in [0.2, 0.25) is 12.2 Å². The summed E-state index contributed by atoms with van der Waals surface area (Å²) >= 11 is 6.60. The molecule has 10 heteroatoms. The summed E-state index contributed by atoms with van der Waals surface area (Å²) in [4.78, 5) is 39.9. The van der Waals surface area contributed by atoms with E-state index >= 15 is 0 Å². The number of nitrogens with two attached hydrogens (primary N) is 1. The summed E-state index contributed by atoms with van der Waals surface area (Å²) in [7, 11) is 0. The Morgan fingerprint density at radius 2 is 2.23 bits per heavy atom. The van der Waals surface area contributed by atoms with E-state index in [1.165, 1.54) is 4.90 Å². The SMILES string of the molecule is Cc1cc(-c2ccn(CC(=O)NCCN)n2)c2c3c([nH]c2c1Cl)CCN(C(=O)C=O)C3. The number of rotatable bonds is 6. The first kappa shape index (κ1) is 21.1. The Morgan fingerprint density at radius 3 is 2.97 bits per heavy atom. The molecule has 0 fully saturated rings. The lowest BCUT2D eigenvalue weighted by Gasteiger charge is -2.25. The number of hydrogen-bond acceptors (Lipinski definition) is 5. The van der Waals surface area contributed by atoms with Crippen LogP contribution in [0.2, 0.25) is 5.02 Å². The monoisotopic (exact) mass is 442 g/mol. The zero-order valence-electron chi connectivity index (χ0n) is 17.1. The third-order valence-corrected chi connectivity index (χ3v) is 5.96. The first-order chi connectivity index (χ1) is 14.9. The quantitative estimate of drug-likeness (QED) is 0.390. The van der Waals surface area contributed by atoms with Gasteiger partial charge >= 0.3 is 0 Å². The van der Waals surface area contributed by atoms with E-state index in [1.807, 2.05) is 19.1 Å². The predicted molar refractivity (Wildman–Crippen MR) is 117 cm³/mol. The summed E-state index contributed by atoms with van der Waals surface area (Å²) in [5.41, 5.74) is 10.6. The normalized spacial score (nSPS) is 13.3. The molecular weight excluding hydrogens is 420 g/mol. The van der Waals surface area contributed by atoms with Crippen LogP contribution in [0.3, 0.4) is 0 Å². The van der Waals surface area contributed by atoms with Crippen LogP contribution < -0.4 is 11.1 Å². The second kappa shape index (κ2) is 8.52. The number of benzene rings is 1.